The van der Waals surface area contributed by atoms with E-state index >= 15 is 0 Å². The number of aromatic nitrogens is 2. The van der Waals surface area contributed by atoms with Crippen LogP contribution in [0.15, 0.2) is 24.4 Å². The van der Waals surface area contributed by atoms with Crippen LogP contribution in [0.1, 0.15) is 66.8 Å². The zero-order valence-electron chi connectivity index (χ0n) is 16.4. The summed E-state index contributed by atoms with van der Waals surface area (Å²) in [4.78, 5) is 0. The lowest BCUT2D eigenvalue weighted by Crippen LogP contribution is -2.27. The van der Waals surface area contributed by atoms with Crippen molar-refractivity contribution in [1.82, 2.24) is 9.78 Å². The summed E-state index contributed by atoms with van der Waals surface area (Å²) < 4.78 is 2.26. The lowest BCUT2D eigenvalue weighted by molar-refractivity contribution is 0.177. The van der Waals surface area contributed by atoms with Crippen LogP contribution in [-0.4, -0.2) is 16.5 Å². The van der Waals surface area contributed by atoms with Gasteiger partial charge in [0.2, 0.25) is 0 Å². The lowest BCUT2D eigenvalue weighted by atomic mass is 9.42. The molecule has 1 aromatic heterocycles. The van der Waals surface area contributed by atoms with E-state index in [4.69, 9.17) is 5.10 Å². The second-order valence-corrected chi connectivity index (χ2v) is 9.13. The van der Waals surface area contributed by atoms with E-state index < -0.39 is 0 Å². The zero-order chi connectivity index (χ0) is 17.5. The number of hydrogen-bond donors (Lipinski definition) is 0. The minimum Gasteiger partial charge on any atom is -0.262 e. The van der Waals surface area contributed by atoms with Gasteiger partial charge in [0.05, 0.1) is 17.8 Å². The maximum atomic E-state index is 4.73. The van der Waals surface area contributed by atoms with Crippen LogP contribution in [0.5, 0.6) is 0 Å². The zero-order valence-corrected chi connectivity index (χ0v) is 16.4. The summed E-state index contributed by atoms with van der Waals surface area (Å²) in [6, 6.07) is 7.61. The molecule has 1 aromatic carbocycles. The highest BCUT2D eigenvalue weighted by molar-refractivity contribution is 6.74. The summed E-state index contributed by atoms with van der Waals surface area (Å²) in [6.07, 6.45) is 8.21. The number of nitrogens with zero attached hydrogens (tertiary/aromatic N) is 2. The van der Waals surface area contributed by atoms with Crippen molar-refractivity contribution in [3.63, 3.8) is 0 Å². The van der Waals surface area contributed by atoms with Crippen molar-refractivity contribution >= 4 is 23.1 Å². The Bertz CT molecular complexity index is 698. The van der Waals surface area contributed by atoms with Gasteiger partial charge in [0, 0.05) is 5.39 Å². The van der Waals surface area contributed by atoms with Crippen molar-refractivity contribution in [3.8, 4) is 0 Å². The Morgan fingerprint density at radius 2 is 1.79 bits per heavy atom. The standard InChI is InChI=1S/C21H33BN2/c1-7-9-18(8-2)24-19-11-10-17(12-16(19)13-23-24)22-14-20(3,4)21(5,6)15-22/h10-13,18H,7-9,14-15H2,1-6H3. The molecule has 1 saturated heterocycles. The Morgan fingerprint density at radius 3 is 2.38 bits per heavy atom. The Hall–Kier alpha value is -1.25. The fraction of sp³-hybridized carbons (Fsp3) is 0.667. The molecule has 0 aliphatic carbocycles. The molecule has 2 nitrogen and oxygen atoms in total. The summed E-state index contributed by atoms with van der Waals surface area (Å²) >= 11 is 0. The van der Waals surface area contributed by atoms with Crippen LogP contribution >= 0.6 is 0 Å². The Labute approximate surface area is 148 Å². The summed E-state index contributed by atoms with van der Waals surface area (Å²) in [5, 5.41) is 6.04. The fourth-order valence-corrected chi connectivity index (χ4v) is 4.54. The van der Waals surface area contributed by atoms with Gasteiger partial charge in [-0.05, 0) is 29.7 Å². The molecule has 1 unspecified atom stereocenters. The van der Waals surface area contributed by atoms with Gasteiger partial charge in [0.25, 0.3) is 0 Å². The molecule has 0 saturated carbocycles. The molecule has 0 amide bonds. The Balaban J connectivity index is 1.91. The molecule has 0 radical (unpaired) electrons. The quantitative estimate of drug-likeness (QED) is 0.659. The van der Waals surface area contributed by atoms with Gasteiger partial charge in [-0.15, -0.1) is 0 Å². The van der Waals surface area contributed by atoms with Crippen LogP contribution in [0.3, 0.4) is 0 Å². The molecule has 0 spiro atoms. The smallest absolute Gasteiger partial charge is 0.177 e. The van der Waals surface area contributed by atoms with Crippen molar-refractivity contribution in [2.75, 3.05) is 0 Å². The van der Waals surface area contributed by atoms with E-state index in [1.54, 1.807) is 0 Å². The number of rotatable bonds is 5. The van der Waals surface area contributed by atoms with E-state index in [1.165, 1.54) is 41.8 Å². The van der Waals surface area contributed by atoms with E-state index in [2.05, 4.69) is 70.6 Å². The van der Waals surface area contributed by atoms with Crippen LogP contribution < -0.4 is 5.46 Å². The number of benzene rings is 1. The van der Waals surface area contributed by atoms with Gasteiger partial charge in [-0.2, -0.15) is 5.10 Å². The van der Waals surface area contributed by atoms with Gasteiger partial charge in [-0.25, -0.2) is 0 Å². The van der Waals surface area contributed by atoms with Crippen LogP contribution in [-0.2, 0) is 0 Å². The van der Waals surface area contributed by atoms with Gasteiger partial charge in [0.15, 0.2) is 6.71 Å². The van der Waals surface area contributed by atoms with E-state index in [9.17, 15) is 0 Å². The third kappa shape index (κ3) is 2.91. The minimum atomic E-state index is 0.408. The summed E-state index contributed by atoms with van der Waals surface area (Å²) in [6.45, 7) is 14.9. The maximum Gasteiger partial charge on any atom is 0.177 e. The normalized spacial score (nSPS) is 20.7. The molecule has 1 aliphatic rings. The average molecular weight is 324 g/mol. The summed E-state index contributed by atoms with van der Waals surface area (Å²) in [5.74, 6) is 0. The topological polar surface area (TPSA) is 17.8 Å². The van der Waals surface area contributed by atoms with E-state index in [0.717, 1.165) is 6.42 Å². The third-order valence-corrected chi connectivity index (χ3v) is 6.88. The van der Waals surface area contributed by atoms with Gasteiger partial charge < -0.3 is 0 Å². The third-order valence-electron chi connectivity index (χ3n) is 6.88. The molecule has 1 atom stereocenters. The second-order valence-electron chi connectivity index (χ2n) is 9.13. The molecule has 0 N–H and O–H groups in total. The first kappa shape index (κ1) is 17.6. The first-order chi connectivity index (χ1) is 11.3. The highest BCUT2D eigenvalue weighted by atomic mass is 15.3. The van der Waals surface area contributed by atoms with Crippen molar-refractivity contribution in [3.05, 3.63) is 24.4 Å². The van der Waals surface area contributed by atoms with Crippen LogP contribution in [0, 0.1) is 10.8 Å². The first-order valence-corrected chi connectivity index (χ1v) is 9.76. The van der Waals surface area contributed by atoms with Gasteiger partial charge in [0.1, 0.15) is 0 Å². The summed E-state index contributed by atoms with van der Waals surface area (Å²) in [7, 11) is 0. The largest absolute Gasteiger partial charge is 0.262 e. The monoisotopic (exact) mass is 324 g/mol. The van der Waals surface area contributed by atoms with E-state index in [-0.39, 0.29) is 0 Å². The second kappa shape index (κ2) is 6.24. The van der Waals surface area contributed by atoms with Gasteiger partial charge >= 0.3 is 0 Å². The molecule has 1 fully saturated rings. The Morgan fingerprint density at radius 1 is 1.12 bits per heavy atom. The first-order valence-electron chi connectivity index (χ1n) is 9.76. The minimum absolute atomic E-state index is 0.408. The molecule has 3 heteroatoms. The molecule has 1 aliphatic heterocycles. The highest BCUT2D eigenvalue weighted by Gasteiger charge is 2.48. The SMILES string of the molecule is CCCC(CC)n1ncc2cc(B3CC(C)(C)C(C)(C)C3)ccc21. The van der Waals surface area contributed by atoms with Crippen molar-refractivity contribution in [2.24, 2.45) is 10.8 Å². The summed E-state index contributed by atoms with van der Waals surface area (Å²) in [5.41, 5.74) is 3.62. The predicted molar refractivity (Wildman–Crippen MR) is 107 cm³/mol. The molecule has 3 rings (SSSR count). The van der Waals surface area contributed by atoms with Crippen LogP contribution in [0.25, 0.3) is 10.9 Å². The van der Waals surface area contributed by atoms with Crippen LogP contribution in [0.2, 0.25) is 12.6 Å². The van der Waals surface area contributed by atoms with Gasteiger partial charge in [-0.3, -0.25) is 4.68 Å². The van der Waals surface area contributed by atoms with Crippen molar-refractivity contribution < 1.29 is 0 Å². The molecule has 130 valence electrons. The lowest BCUT2D eigenvalue weighted by Gasteiger charge is -2.35. The molecule has 2 aromatic rings. The number of fused-ring (bicyclic) bond motifs is 1. The Kier molecular flexibility index (Phi) is 4.57. The fourth-order valence-electron chi connectivity index (χ4n) is 4.54. The predicted octanol–water partition coefficient (Wildman–Crippen LogP) is 5.56. The van der Waals surface area contributed by atoms with Crippen molar-refractivity contribution in [2.45, 2.75) is 79.5 Å². The maximum absolute atomic E-state index is 4.73. The molecule has 24 heavy (non-hydrogen) atoms. The van der Waals surface area contributed by atoms with Crippen LogP contribution in [0.4, 0.5) is 0 Å². The van der Waals surface area contributed by atoms with Gasteiger partial charge in [-0.1, -0.05) is 78.2 Å². The molecule has 0 bridgehead atoms. The van der Waals surface area contributed by atoms with E-state index in [1.807, 2.05) is 0 Å². The molecular weight excluding hydrogens is 291 g/mol. The van der Waals surface area contributed by atoms with E-state index in [0.29, 0.717) is 23.6 Å². The highest BCUT2D eigenvalue weighted by Crippen LogP contribution is 2.52. The molecule has 2 heterocycles. The van der Waals surface area contributed by atoms with Crippen molar-refractivity contribution in [1.29, 1.82) is 0 Å². The number of hydrogen-bond acceptors (Lipinski definition) is 1. The average Bonchev–Trinajstić information content (AvgIpc) is 3.03. The molecular formula is C21H33BN2.